The molecule has 2 rings (SSSR count). The second-order valence-electron chi connectivity index (χ2n) is 4.51. The molecule has 0 atom stereocenters. The zero-order valence-corrected chi connectivity index (χ0v) is 10.6. The summed E-state index contributed by atoms with van der Waals surface area (Å²) in [5.41, 5.74) is 4.94. The highest BCUT2D eigenvalue weighted by atomic mass is 16.5. The van der Waals surface area contributed by atoms with Crippen LogP contribution in [0.1, 0.15) is 44.2 Å². The maximum absolute atomic E-state index is 5.40. The summed E-state index contributed by atoms with van der Waals surface area (Å²) in [6, 6.07) is 0. The highest BCUT2D eigenvalue weighted by Crippen LogP contribution is 2.30. The number of hydrogen-bond donors (Lipinski definition) is 0. The van der Waals surface area contributed by atoms with E-state index in [0.717, 1.165) is 31.0 Å². The van der Waals surface area contributed by atoms with Gasteiger partial charge in [-0.25, -0.2) is 0 Å². The SMILES string of the molecule is CCCN1CCc2onc(C)c2C(C)=C1C. The molecule has 1 aromatic rings. The molecule has 1 aliphatic rings. The van der Waals surface area contributed by atoms with E-state index in [4.69, 9.17) is 4.52 Å². The molecule has 0 amide bonds. The Bertz CT molecular complexity index is 418. The van der Waals surface area contributed by atoms with E-state index in [0.29, 0.717) is 0 Å². The van der Waals surface area contributed by atoms with E-state index >= 15 is 0 Å². The lowest BCUT2D eigenvalue weighted by Crippen LogP contribution is -2.24. The van der Waals surface area contributed by atoms with Crippen molar-refractivity contribution in [3.8, 4) is 0 Å². The lowest BCUT2D eigenvalue weighted by Gasteiger charge is -2.24. The number of aryl methyl sites for hydroxylation is 1. The molecule has 1 aromatic heterocycles. The molecule has 0 unspecified atom stereocenters. The summed E-state index contributed by atoms with van der Waals surface area (Å²) in [4.78, 5) is 2.45. The molecule has 0 spiro atoms. The van der Waals surface area contributed by atoms with Crippen molar-refractivity contribution >= 4 is 5.57 Å². The topological polar surface area (TPSA) is 29.3 Å². The predicted molar refractivity (Wildman–Crippen MR) is 65.1 cm³/mol. The van der Waals surface area contributed by atoms with Gasteiger partial charge in [0.2, 0.25) is 0 Å². The van der Waals surface area contributed by atoms with Crippen molar-refractivity contribution in [2.75, 3.05) is 13.1 Å². The van der Waals surface area contributed by atoms with Gasteiger partial charge in [-0.1, -0.05) is 12.1 Å². The third kappa shape index (κ3) is 1.75. The van der Waals surface area contributed by atoms with Crippen LogP contribution in [0.2, 0.25) is 0 Å². The maximum Gasteiger partial charge on any atom is 0.146 e. The minimum atomic E-state index is 0.963. The van der Waals surface area contributed by atoms with Gasteiger partial charge in [-0.15, -0.1) is 0 Å². The standard InChI is InChI=1S/C13H20N2O/c1-5-7-15-8-6-12-13(9(2)11(15)4)10(3)14-16-12/h5-8H2,1-4H3. The summed E-state index contributed by atoms with van der Waals surface area (Å²) in [6.07, 6.45) is 2.15. The molecule has 0 N–H and O–H groups in total. The molecule has 0 aromatic carbocycles. The van der Waals surface area contributed by atoms with Crippen LogP contribution in [0.25, 0.3) is 5.57 Å². The minimum absolute atomic E-state index is 0.963. The summed E-state index contributed by atoms with van der Waals surface area (Å²) >= 11 is 0. The molecule has 0 radical (unpaired) electrons. The molecule has 0 aliphatic carbocycles. The fourth-order valence-corrected chi connectivity index (χ4v) is 2.44. The molecule has 0 saturated heterocycles. The van der Waals surface area contributed by atoms with Crippen LogP contribution in [0.3, 0.4) is 0 Å². The number of allylic oxidation sites excluding steroid dienone is 2. The largest absolute Gasteiger partial charge is 0.374 e. The van der Waals surface area contributed by atoms with E-state index in [-0.39, 0.29) is 0 Å². The van der Waals surface area contributed by atoms with Crippen LogP contribution in [-0.2, 0) is 6.42 Å². The molecule has 16 heavy (non-hydrogen) atoms. The summed E-state index contributed by atoms with van der Waals surface area (Å²) in [7, 11) is 0. The first-order chi connectivity index (χ1) is 7.65. The number of hydrogen-bond acceptors (Lipinski definition) is 3. The Morgan fingerprint density at radius 3 is 2.75 bits per heavy atom. The average Bonchev–Trinajstić information content (AvgIpc) is 2.58. The molecule has 1 aliphatic heterocycles. The fourth-order valence-electron chi connectivity index (χ4n) is 2.44. The Kier molecular flexibility index (Phi) is 3.03. The number of fused-ring (bicyclic) bond motifs is 1. The zero-order valence-electron chi connectivity index (χ0n) is 10.6. The third-order valence-corrected chi connectivity index (χ3v) is 3.43. The van der Waals surface area contributed by atoms with Crippen LogP contribution in [0.4, 0.5) is 0 Å². The molecule has 2 heterocycles. The highest BCUT2D eigenvalue weighted by molar-refractivity contribution is 5.69. The average molecular weight is 220 g/mol. The van der Waals surface area contributed by atoms with Gasteiger partial charge in [-0.2, -0.15) is 0 Å². The summed E-state index contributed by atoms with van der Waals surface area (Å²) < 4.78 is 5.40. The van der Waals surface area contributed by atoms with Gasteiger partial charge in [0.1, 0.15) is 5.76 Å². The van der Waals surface area contributed by atoms with Crippen LogP contribution in [0, 0.1) is 6.92 Å². The minimum Gasteiger partial charge on any atom is -0.374 e. The van der Waals surface area contributed by atoms with Crippen LogP contribution in [0.5, 0.6) is 0 Å². The molecule has 3 heteroatoms. The van der Waals surface area contributed by atoms with E-state index in [1.54, 1.807) is 0 Å². The van der Waals surface area contributed by atoms with Crippen molar-refractivity contribution in [1.82, 2.24) is 10.1 Å². The van der Waals surface area contributed by atoms with Crippen LogP contribution in [-0.4, -0.2) is 23.1 Å². The van der Waals surface area contributed by atoms with E-state index in [2.05, 4.69) is 30.8 Å². The van der Waals surface area contributed by atoms with E-state index in [1.807, 2.05) is 6.92 Å². The van der Waals surface area contributed by atoms with Crippen LogP contribution < -0.4 is 0 Å². The Labute approximate surface area is 97.1 Å². The van der Waals surface area contributed by atoms with E-state index in [1.165, 1.54) is 23.3 Å². The van der Waals surface area contributed by atoms with Crippen molar-refractivity contribution in [3.63, 3.8) is 0 Å². The maximum atomic E-state index is 5.40. The lowest BCUT2D eigenvalue weighted by molar-refractivity contribution is 0.323. The summed E-state index contributed by atoms with van der Waals surface area (Å²) in [6.45, 7) is 10.8. The van der Waals surface area contributed by atoms with Gasteiger partial charge >= 0.3 is 0 Å². The van der Waals surface area contributed by atoms with Crippen molar-refractivity contribution in [2.24, 2.45) is 0 Å². The molecular formula is C13H20N2O. The molecule has 0 saturated carbocycles. The van der Waals surface area contributed by atoms with Gasteiger partial charge in [0, 0.05) is 30.8 Å². The molecular weight excluding hydrogens is 200 g/mol. The number of aromatic nitrogens is 1. The first-order valence-corrected chi connectivity index (χ1v) is 6.03. The third-order valence-electron chi connectivity index (χ3n) is 3.43. The van der Waals surface area contributed by atoms with E-state index in [9.17, 15) is 0 Å². The smallest absolute Gasteiger partial charge is 0.146 e. The Hall–Kier alpha value is -1.25. The van der Waals surface area contributed by atoms with Gasteiger partial charge in [-0.05, 0) is 32.8 Å². The van der Waals surface area contributed by atoms with Crippen molar-refractivity contribution in [3.05, 3.63) is 22.7 Å². The first-order valence-electron chi connectivity index (χ1n) is 6.03. The van der Waals surface area contributed by atoms with Gasteiger partial charge in [0.25, 0.3) is 0 Å². The first kappa shape index (κ1) is 11.2. The quantitative estimate of drug-likeness (QED) is 0.767. The Morgan fingerprint density at radius 1 is 1.31 bits per heavy atom. The van der Waals surface area contributed by atoms with E-state index < -0.39 is 0 Å². The predicted octanol–water partition coefficient (Wildman–Crippen LogP) is 3.00. The fraction of sp³-hybridized carbons (Fsp3) is 0.615. The van der Waals surface area contributed by atoms with Crippen LogP contribution >= 0.6 is 0 Å². The second kappa shape index (κ2) is 4.32. The van der Waals surface area contributed by atoms with Crippen molar-refractivity contribution < 1.29 is 4.52 Å². The van der Waals surface area contributed by atoms with Crippen molar-refractivity contribution in [1.29, 1.82) is 0 Å². The lowest BCUT2D eigenvalue weighted by atomic mass is 10.0. The van der Waals surface area contributed by atoms with Gasteiger partial charge < -0.3 is 9.42 Å². The van der Waals surface area contributed by atoms with Gasteiger partial charge in [0.05, 0.1) is 5.69 Å². The van der Waals surface area contributed by atoms with Crippen molar-refractivity contribution in [2.45, 2.75) is 40.5 Å². The summed E-state index contributed by atoms with van der Waals surface area (Å²) in [5, 5.41) is 4.07. The second-order valence-corrected chi connectivity index (χ2v) is 4.51. The van der Waals surface area contributed by atoms with Crippen LogP contribution in [0.15, 0.2) is 10.2 Å². The molecule has 0 bridgehead atoms. The molecule has 0 fully saturated rings. The Morgan fingerprint density at radius 2 is 2.06 bits per heavy atom. The normalized spacial score (nSPS) is 16.4. The number of rotatable bonds is 2. The monoisotopic (exact) mass is 220 g/mol. The van der Waals surface area contributed by atoms with Gasteiger partial charge in [0.15, 0.2) is 0 Å². The molecule has 3 nitrogen and oxygen atoms in total. The van der Waals surface area contributed by atoms with Gasteiger partial charge in [-0.3, -0.25) is 0 Å². The zero-order chi connectivity index (χ0) is 11.7. The Balaban J connectivity index is 2.43. The highest BCUT2D eigenvalue weighted by Gasteiger charge is 2.22. The summed E-state index contributed by atoms with van der Waals surface area (Å²) in [5.74, 6) is 1.05. The molecule has 88 valence electrons. The number of nitrogens with zero attached hydrogens (tertiary/aromatic N) is 2.